The van der Waals surface area contributed by atoms with Crippen LogP contribution in [0.25, 0.3) is 5.57 Å². The molecule has 170 valence electrons. The molecule has 1 aromatic rings. The molecule has 2 heterocycles. The van der Waals surface area contributed by atoms with Gasteiger partial charge in [-0.1, -0.05) is 13.0 Å². The minimum Gasteiger partial charge on any atom is -0.493 e. The molecule has 0 aliphatic carbocycles. The molecule has 7 heteroatoms. The fourth-order valence-corrected chi connectivity index (χ4v) is 4.09. The molecule has 2 aliphatic heterocycles. The van der Waals surface area contributed by atoms with Gasteiger partial charge < -0.3 is 19.1 Å². The second kappa shape index (κ2) is 10.2. The number of amides is 2. The molecule has 2 amide bonds. The molecular weight excluding hydrogens is 396 g/mol. The van der Waals surface area contributed by atoms with Crippen molar-refractivity contribution in [1.82, 2.24) is 9.80 Å². The van der Waals surface area contributed by atoms with Gasteiger partial charge in [-0.25, -0.2) is 0 Å². The van der Waals surface area contributed by atoms with Crippen LogP contribution in [-0.2, 0) is 14.3 Å². The summed E-state index contributed by atoms with van der Waals surface area (Å²) in [5.41, 5.74) is 1.63. The Morgan fingerprint density at radius 1 is 1.03 bits per heavy atom. The lowest BCUT2D eigenvalue weighted by atomic mass is 9.97. The van der Waals surface area contributed by atoms with Crippen molar-refractivity contribution < 1.29 is 23.8 Å². The number of likely N-dealkylation sites (tertiary alicyclic amines) is 1. The van der Waals surface area contributed by atoms with Crippen molar-refractivity contribution in [3.63, 3.8) is 0 Å². The third-order valence-corrected chi connectivity index (χ3v) is 5.89. The van der Waals surface area contributed by atoms with Gasteiger partial charge in [0.15, 0.2) is 11.5 Å². The molecule has 1 saturated heterocycles. The maximum absolute atomic E-state index is 13.4. The molecule has 3 rings (SSSR count). The van der Waals surface area contributed by atoms with Gasteiger partial charge in [-0.3, -0.25) is 14.5 Å². The minimum absolute atomic E-state index is 0.122. The Balaban J connectivity index is 1.93. The maximum Gasteiger partial charge on any atom is 0.277 e. The van der Waals surface area contributed by atoms with Crippen LogP contribution in [-0.4, -0.2) is 68.2 Å². The number of piperidine rings is 1. The van der Waals surface area contributed by atoms with Gasteiger partial charge in [0, 0.05) is 26.2 Å². The van der Waals surface area contributed by atoms with Crippen molar-refractivity contribution >= 4 is 17.4 Å². The maximum atomic E-state index is 13.4. The van der Waals surface area contributed by atoms with Crippen LogP contribution in [0.2, 0.25) is 0 Å². The van der Waals surface area contributed by atoms with Gasteiger partial charge >= 0.3 is 0 Å². The average molecular weight is 431 g/mol. The summed E-state index contributed by atoms with van der Waals surface area (Å²) in [4.78, 5) is 30.3. The fraction of sp³-hybridized carbons (Fsp3) is 0.583. The predicted octanol–water partition coefficient (Wildman–Crippen LogP) is 3.33. The molecule has 0 radical (unpaired) electrons. The van der Waals surface area contributed by atoms with Crippen LogP contribution >= 0.6 is 0 Å². The Morgan fingerprint density at radius 2 is 1.71 bits per heavy atom. The molecule has 0 unspecified atom stereocenters. The number of carbonyl (C=O) groups is 2. The number of benzene rings is 1. The second-order valence-electron chi connectivity index (χ2n) is 8.50. The molecule has 1 aromatic carbocycles. The molecule has 0 atom stereocenters. The zero-order valence-corrected chi connectivity index (χ0v) is 19.3. The summed E-state index contributed by atoms with van der Waals surface area (Å²) in [6.45, 7) is 8.57. The summed E-state index contributed by atoms with van der Waals surface area (Å²) in [7, 11) is 3.13. The zero-order valence-electron chi connectivity index (χ0n) is 19.3. The number of carbonyl (C=O) groups excluding carboxylic acids is 2. The minimum atomic E-state index is -0.254. The topological polar surface area (TPSA) is 68.3 Å². The highest BCUT2D eigenvalue weighted by atomic mass is 16.5. The largest absolute Gasteiger partial charge is 0.493 e. The lowest BCUT2D eigenvalue weighted by Gasteiger charge is -2.32. The molecule has 2 aliphatic rings. The summed E-state index contributed by atoms with van der Waals surface area (Å²) >= 11 is 0. The lowest BCUT2D eigenvalue weighted by Crippen LogP contribution is -2.39. The highest BCUT2D eigenvalue weighted by Gasteiger charge is 2.42. The van der Waals surface area contributed by atoms with Gasteiger partial charge in [0.2, 0.25) is 0 Å². The highest BCUT2D eigenvalue weighted by Crippen LogP contribution is 2.37. The molecular formula is C24H34N2O5. The Hall–Kier alpha value is -2.54. The van der Waals surface area contributed by atoms with Crippen molar-refractivity contribution in [3.05, 3.63) is 29.5 Å². The van der Waals surface area contributed by atoms with Gasteiger partial charge in [0.05, 0.1) is 25.9 Å². The van der Waals surface area contributed by atoms with Gasteiger partial charge in [0.25, 0.3) is 11.8 Å². The number of ether oxygens (including phenoxy) is 3. The van der Waals surface area contributed by atoms with Crippen molar-refractivity contribution in [2.45, 2.75) is 46.1 Å². The van der Waals surface area contributed by atoms with Crippen LogP contribution in [0.15, 0.2) is 23.9 Å². The van der Waals surface area contributed by atoms with Crippen LogP contribution in [0.3, 0.4) is 0 Å². The standard InChI is InChI=1S/C24H34N2O5/c1-16(2)31-14-6-11-26-23(27)21(18-7-8-19(29-4)20(15-18)30-5)22(24(26)28)25-12-9-17(3)10-13-25/h7-8,15-17H,6,9-14H2,1-5H3. The third kappa shape index (κ3) is 5.03. The van der Waals surface area contributed by atoms with E-state index in [0.29, 0.717) is 53.8 Å². The zero-order chi connectivity index (χ0) is 22.5. The first-order valence-corrected chi connectivity index (χ1v) is 11.1. The van der Waals surface area contributed by atoms with Crippen LogP contribution in [0.1, 0.15) is 45.6 Å². The molecule has 7 nitrogen and oxygen atoms in total. The Labute approximate surface area is 184 Å². The smallest absolute Gasteiger partial charge is 0.277 e. The van der Waals surface area contributed by atoms with Crippen LogP contribution in [0.5, 0.6) is 11.5 Å². The molecule has 0 N–H and O–H groups in total. The summed E-state index contributed by atoms with van der Waals surface area (Å²) in [5, 5.41) is 0. The molecule has 0 saturated carbocycles. The number of hydrogen-bond acceptors (Lipinski definition) is 6. The number of imide groups is 1. The molecule has 0 bridgehead atoms. The van der Waals surface area contributed by atoms with E-state index < -0.39 is 0 Å². The Morgan fingerprint density at radius 3 is 2.32 bits per heavy atom. The van der Waals surface area contributed by atoms with E-state index >= 15 is 0 Å². The lowest BCUT2D eigenvalue weighted by molar-refractivity contribution is -0.137. The average Bonchev–Trinajstić information content (AvgIpc) is 3.01. The van der Waals surface area contributed by atoms with E-state index in [4.69, 9.17) is 14.2 Å². The number of methoxy groups -OCH3 is 2. The summed E-state index contributed by atoms with van der Waals surface area (Å²) in [6.07, 6.45) is 2.74. The first-order chi connectivity index (χ1) is 14.9. The van der Waals surface area contributed by atoms with Gasteiger partial charge in [-0.2, -0.15) is 0 Å². The second-order valence-corrected chi connectivity index (χ2v) is 8.50. The normalized spacial score (nSPS) is 17.9. The van der Waals surface area contributed by atoms with Crippen molar-refractivity contribution in [2.24, 2.45) is 5.92 Å². The Bertz CT molecular complexity index is 840. The van der Waals surface area contributed by atoms with Crippen molar-refractivity contribution in [2.75, 3.05) is 40.5 Å². The molecule has 1 fully saturated rings. The Kier molecular flexibility index (Phi) is 7.59. The number of nitrogens with zero attached hydrogens (tertiary/aromatic N) is 2. The predicted molar refractivity (Wildman–Crippen MR) is 119 cm³/mol. The molecule has 0 aromatic heterocycles. The summed E-state index contributed by atoms with van der Waals surface area (Å²) in [5.74, 6) is 1.27. The van der Waals surface area contributed by atoms with E-state index in [1.165, 1.54) is 4.90 Å². The number of rotatable bonds is 9. The van der Waals surface area contributed by atoms with E-state index in [1.54, 1.807) is 26.4 Å². The van der Waals surface area contributed by atoms with Gasteiger partial charge in [-0.05, 0) is 56.7 Å². The molecule has 31 heavy (non-hydrogen) atoms. The van der Waals surface area contributed by atoms with E-state index in [1.807, 2.05) is 19.9 Å². The summed E-state index contributed by atoms with van der Waals surface area (Å²) < 4.78 is 16.4. The van der Waals surface area contributed by atoms with Crippen LogP contribution in [0, 0.1) is 5.92 Å². The fourth-order valence-electron chi connectivity index (χ4n) is 4.09. The van der Waals surface area contributed by atoms with E-state index in [0.717, 1.165) is 25.9 Å². The van der Waals surface area contributed by atoms with Gasteiger partial charge in [-0.15, -0.1) is 0 Å². The monoisotopic (exact) mass is 430 g/mol. The highest BCUT2D eigenvalue weighted by molar-refractivity contribution is 6.35. The first-order valence-electron chi connectivity index (χ1n) is 11.1. The van der Waals surface area contributed by atoms with E-state index in [2.05, 4.69) is 11.8 Å². The summed E-state index contributed by atoms with van der Waals surface area (Å²) in [6, 6.07) is 5.37. The quantitative estimate of drug-likeness (QED) is 0.442. The van der Waals surface area contributed by atoms with E-state index in [-0.39, 0.29) is 17.9 Å². The molecule has 0 spiro atoms. The SMILES string of the molecule is COc1ccc(C2=C(N3CCC(C)CC3)C(=O)N(CCCOC(C)C)C2=O)cc1OC. The van der Waals surface area contributed by atoms with Crippen molar-refractivity contribution in [3.8, 4) is 11.5 Å². The third-order valence-electron chi connectivity index (χ3n) is 5.89. The van der Waals surface area contributed by atoms with E-state index in [9.17, 15) is 9.59 Å². The van der Waals surface area contributed by atoms with Crippen LogP contribution in [0.4, 0.5) is 0 Å². The first kappa shape index (κ1) is 23.1. The van der Waals surface area contributed by atoms with Crippen molar-refractivity contribution in [1.29, 1.82) is 0 Å². The number of hydrogen-bond donors (Lipinski definition) is 0. The van der Waals surface area contributed by atoms with Crippen LogP contribution < -0.4 is 9.47 Å². The van der Waals surface area contributed by atoms with Gasteiger partial charge in [0.1, 0.15) is 5.70 Å².